The molecule has 0 aromatic rings. The van der Waals surface area contributed by atoms with Crippen molar-refractivity contribution in [3.8, 4) is 0 Å². The quantitative estimate of drug-likeness (QED) is 0.312. The molecule has 1 nitrogen and oxygen atoms in total. The summed E-state index contributed by atoms with van der Waals surface area (Å²) in [6.45, 7) is 10.4. The van der Waals surface area contributed by atoms with Crippen molar-refractivity contribution in [1.29, 1.82) is 0 Å². The monoisotopic (exact) mass is 297 g/mol. The van der Waals surface area contributed by atoms with Crippen LogP contribution in [0.1, 0.15) is 111 Å². The normalized spacial score (nSPS) is 13.0. The zero-order valence-electron chi connectivity index (χ0n) is 15.6. The summed E-state index contributed by atoms with van der Waals surface area (Å²) in [6.07, 6.45) is 18.4. The molecule has 0 heterocycles. The predicted molar refractivity (Wildman–Crippen MR) is 98.0 cm³/mol. The molecule has 128 valence electrons. The van der Waals surface area contributed by atoms with Gasteiger partial charge in [0.2, 0.25) is 0 Å². The van der Waals surface area contributed by atoms with E-state index in [2.05, 4.69) is 33.0 Å². The SMILES string of the molecule is CCCCCCCCCCCC(CC(CC)CC)NCC. The number of unbranched alkanes of at least 4 members (excludes halogenated alkanes) is 8. The van der Waals surface area contributed by atoms with Gasteiger partial charge in [0, 0.05) is 6.04 Å². The first-order chi connectivity index (χ1) is 10.3. The molecule has 0 saturated heterocycles. The molecule has 0 rings (SSSR count). The molecular formula is C20H43N. The van der Waals surface area contributed by atoms with Gasteiger partial charge in [-0.2, -0.15) is 0 Å². The predicted octanol–water partition coefficient (Wildman–Crippen LogP) is 6.71. The van der Waals surface area contributed by atoms with Gasteiger partial charge in [0.25, 0.3) is 0 Å². The third kappa shape index (κ3) is 13.4. The molecule has 1 heteroatoms. The highest BCUT2D eigenvalue weighted by molar-refractivity contribution is 4.70. The van der Waals surface area contributed by atoms with Crippen molar-refractivity contribution < 1.29 is 0 Å². The Labute approximate surface area is 135 Å². The van der Waals surface area contributed by atoms with E-state index in [1.807, 2.05) is 0 Å². The summed E-state index contributed by atoms with van der Waals surface area (Å²) < 4.78 is 0. The standard InChI is InChI=1S/C20H43N/c1-5-9-10-11-12-13-14-15-16-17-20(21-8-4)18-19(6-2)7-3/h19-21H,5-18H2,1-4H3. The molecule has 0 spiro atoms. The van der Waals surface area contributed by atoms with Crippen molar-refractivity contribution in [1.82, 2.24) is 5.32 Å². The van der Waals surface area contributed by atoms with Crippen LogP contribution >= 0.6 is 0 Å². The second kappa shape index (κ2) is 16.3. The van der Waals surface area contributed by atoms with Gasteiger partial charge >= 0.3 is 0 Å². The van der Waals surface area contributed by atoms with E-state index in [9.17, 15) is 0 Å². The average Bonchev–Trinajstić information content (AvgIpc) is 2.50. The van der Waals surface area contributed by atoms with Gasteiger partial charge in [0.15, 0.2) is 0 Å². The molecule has 0 saturated carbocycles. The minimum absolute atomic E-state index is 0.768. The maximum absolute atomic E-state index is 3.71. The maximum atomic E-state index is 3.71. The summed E-state index contributed by atoms with van der Waals surface area (Å²) in [5.74, 6) is 0.924. The minimum atomic E-state index is 0.768. The van der Waals surface area contributed by atoms with Crippen LogP contribution in [0.5, 0.6) is 0 Å². The first-order valence-corrected chi connectivity index (χ1v) is 10.0. The number of hydrogen-bond acceptors (Lipinski definition) is 1. The first-order valence-electron chi connectivity index (χ1n) is 10.0. The lowest BCUT2D eigenvalue weighted by Crippen LogP contribution is -2.30. The third-order valence-corrected chi connectivity index (χ3v) is 4.92. The molecule has 0 aliphatic carbocycles. The van der Waals surface area contributed by atoms with Gasteiger partial charge in [-0.25, -0.2) is 0 Å². The Kier molecular flexibility index (Phi) is 16.3. The Morgan fingerprint density at radius 1 is 0.667 bits per heavy atom. The van der Waals surface area contributed by atoms with Gasteiger partial charge in [-0.05, 0) is 25.3 Å². The second-order valence-electron chi connectivity index (χ2n) is 6.79. The molecule has 1 atom stereocenters. The van der Waals surface area contributed by atoms with Gasteiger partial charge in [0.1, 0.15) is 0 Å². The maximum Gasteiger partial charge on any atom is 0.00695 e. The molecule has 0 bridgehead atoms. The van der Waals surface area contributed by atoms with Crippen molar-refractivity contribution >= 4 is 0 Å². The van der Waals surface area contributed by atoms with E-state index < -0.39 is 0 Å². The molecule has 1 N–H and O–H groups in total. The van der Waals surface area contributed by atoms with Gasteiger partial charge in [-0.3, -0.25) is 0 Å². The Morgan fingerprint density at radius 3 is 1.67 bits per heavy atom. The Balaban J connectivity index is 3.55. The molecule has 0 aliphatic rings. The molecule has 0 radical (unpaired) electrons. The molecule has 0 aliphatic heterocycles. The van der Waals surface area contributed by atoms with E-state index in [0.29, 0.717) is 0 Å². The molecule has 1 unspecified atom stereocenters. The van der Waals surface area contributed by atoms with Crippen LogP contribution in [0, 0.1) is 5.92 Å². The molecule has 0 amide bonds. The first kappa shape index (κ1) is 21.0. The molecule has 21 heavy (non-hydrogen) atoms. The fourth-order valence-corrected chi connectivity index (χ4v) is 3.32. The molecule has 0 aromatic heterocycles. The van der Waals surface area contributed by atoms with Crippen LogP contribution < -0.4 is 5.32 Å². The molecule has 0 fully saturated rings. The van der Waals surface area contributed by atoms with Crippen molar-refractivity contribution in [3.05, 3.63) is 0 Å². The van der Waals surface area contributed by atoms with E-state index >= 15 is 0 Å². The number of rotatable bonds is 16. The topological polar surface area (TPSA) is 12.0 Å². The van der Waals surface area contributed by atoms with Gasteiger partial charge in [0.05, 0.1) is 0 Å². The van der Waals surface area contributed by atoms with Crippen molar-refractivity contribution in [2.75, 3.05) is 6.54 Å². The number of nitrogens with one attached hydrogen (secondary N) is 1. The van der Waals surface area contributed by atoms with Gasteiger partial charge in [-0.1, -0.05) is 98.3 Å². The zero-order valence-corrected chi connectivity index (χ0v) is 15.6. The van der Waals surface area contributed by atoms with Crippen molar-refractivity contribution in [2.24, 2.45) is 5.92 Å². The fourth-order valence-electron chi connectivity index (χ4n) is 3.32. The summed E-state index contributed by atoms with van der Waals surface area (Å²) >= 11 is 0. The third-order valence-electron chi connectivity index (χ3n) is 4.92. The summed E-state index contributed by atoms with van der Waals surface area (Å²) in [7, 11) is 0. The van der Waals surface area contributed by atoms with Crippen LogP contribution in [-0.4, -0.2) is 12.6 Å². The van der Waals surface area contributed by atoms with Crippen LogP contribution in [-0.2, 0) is 0 Å². The van der Waals surface area contributed by atoms with E-state index in [1.165, 1.54) is 83.5 Å². The second-order valence-corrected chi connectivity index (χ2v) is 6.79. The Bertz CT molecular complexity index is 186. The summed E-state index contributed by atoms with van der Waals surface area (Å²) in [5.41, 5.74) is 0. The highest BCUT2D eigenvalue weighted by atomic mass is 14.9. The highest BCUT2D eigenvalue weighted by Crippen LogP contribution is 2.19. The Hall–Kier alpha value is -0.0400. The van der Waals surface area contributed by atoms with Gasteiger partial charge < -0.3 is 5.32 Å². The fraction of sp³-hybridized carbons (Fsp3) is 1.00. The lowest BCUT2D eigenvalue weighted by molar-refractivity contribution is 0.347. The molecular weight excluding hydrogens is 254 g/mol. The lowest BCUT2D eigenvalue weighted by Gasteiger charge is -2.22. The van der Waals surface area contributed by atoms with E-state index in [4.69, 9.17) is 0 Å². The van der Waals surface area contributed by atoms with E-state index in [1.54, 1.807) is 0 Å². The van der Waals surface area contributed by atoms with E-state index in [-0.39, 0.29) is 0 Å². The summed E-state index contributed by atoms with van der Waals surface area (Å²) in [6, 6.07) is 0.768. The summed E-state index contributed by atoms with van der Waals surface area (Å²) in [4.78, 5) is 0. The van der Waals surface area contributed by atoms with Crippen molar-refractivity contribution in [3.63, 3.8) is 0 Å². The Morgan fingerprint density at radius 2 is 1.19 bits per heavy atom. The highest BCUT2D eigenvalue weighted by Gasteiger charge is 2.12. The van der Waals surface area contributed by atoms with Crippen molar-refractivity contribution in [2.45, 2.75) is 117 Å². The zero-order chi connectivity index (χ0) is 15.8. The van der Waals surface area contributed by atoms with Crippen LogP contribution in [0.4, 0.5) is 0 Å². The minimum Gasteiger partial charge on any atom is -0.314 e. The van der Waals surface area contributed by atoms with Crippen LogP contribution in [0.15, 0.2) is 0 Å². The van der Waals surface area contributed by atoms with Crippen LogP contribution in [0.25, 0.3) is 0 Å². The smallest absolute Gasteiger partial charge is 0.00695 e. The summed E-state index contributed by atoms with van der Waals surface area (Å²) in [5, 5.41) is 3.71. The van der Waals surface area contributed by atoms with Crippen LogP contribution in [0.2, 0.25) is 0 Å². The average molecular weight is 298 g/mol. The molecule has 0 aromatic carbocycles. The van der Waals surface area contributed by atoms with Crippen LogP contribution in [0.3, 0.4) is 0 Å². The lowest BCUT2D eigenvalue weighted by atomic mass is 9.92. The van der Waals surface area contributed by atoms with E-state index in [0.717, 1.165) is 18.5 Å². The van der Waals surface area contributed by atoms with Gasteiger partial charge in [-0.15, -0.1) is 0 Å². The number of hydrogen-bond donors (Lipinski definition) is 1. The largest absolute Gasteiger partial charge is 0.314 e.